The molecule has 1 aliphatic heterocycles. The van der Waals surface area contributed by atoms with Crippen LogP contribution in [-0.2, 0) is 11.8 Å². The van der Waals surface area contributed by atoms with E-state index in [1.54, 1.807) is 6.33 Å². The molecule has 1 aromatic heterocycles. The third-order valence-corrected chi connectivity index (χ3v) is 6.65. The van der Waals surface area contributed by atoms with E-state index in [0.29, 0.717) is 11.8 Å². The highest BCUT2D eigenvalue weighted by Gasteiger charge is 2.53. The summed E-state index contributed by atoms with van der Waals surface area (Å²) in [5.74, 6) is 2.61. The van der Waals surface area contributed by atoms with Gasteiger partial charge in [-0.2, -0.15) is 0 Å². The van der Waals surface area contributed by atoms with Crippen LogP contribution in [0.25, 0.3) is 0 Å². The fraction of sp³-hybridized carbons (Fsp3) is 0.833. The molecule has 5 nitrogen and oxygen atoms in total. The van der Waals surface area contributed by atoms with Crippen molar-refractivity contribution in [2.24, 2.45) is 18.4 Å². The van der Waals surface area contributed by atoms with Crippen molar-refractivity contribution in [2.75, 3.05) is 13.1 Å². The normalized spacial score (nSPS) is 26.8. The Morgan fingerprint density at radius 3 is 2.70 bits per heavy atom. The number of carbonyl (C=O) groups excluding carboxylic acids is 1. The molecule has 1 amide bonds. The van der Waals surface area contributed by atoms with Gasteiger partial charge in [0.15, 0.2) is 0 Å². The van der Waals surface area contributed by atoms with Gasteiger partial charge in [-0.3, -0.25) is 4.79 Å². The molecule has 1 atom stereocenters. The van der Waals surface area contributed by atoms with Crippen molar-refractivity contribution < 1.29 is 4.79 Å². The van der Waals surface area contributed by atoms with E-state index < -0.39 is 0 Å². The Bertz CT molecular complexity index is 571. The first kappa shape index (κ1) is 15.2. The van der Waals surface area contributed by atoms with E-state index in [9.17, 15) is 4.79 Å². The lowest BCUT2D eigenvalue weighted by Crippen LogP contribution is -2.38. The number of hydrogen-bond donors (Lipinski definition) is 0. The molecular weight excluding hydrogens is 288 g/mol. The summed E-state index contributed by atoms with van der Waals surface area (Å²) in [6.45, 7) is 1.78. The van der Waals surface area contributed by atoms with E-state index in [1.807, 2.05) is 11.6 Å². The number of nitrogens with zero attached hydrogens (tertiary/aromatic N) is 4. The van der Waals surface area contributed by atoms with Gasteiger partial charge in [-0.1, -0.05) is 32.1 Å². The topological polar surface area (TPSA) is 51.0 Å². The first-order chi connectivity index (χ1) is 11.2. The maximum absolute atomic E-state index is 12.7. The zero-order valence-corrected chi connectivity index (χ0v) is 14.2. The van der Waals surface area contributed by atoms with Gasteiger partial charge < -0.3 is 9.47 Å². The minimum Gasteiger partial charge on any atom is -0.341 e. The van der Waals surface area contributed by atoms with E-state index in [2.05, 4.69) is 15.1 Å². The zero-order valence-electron chi connectivity index (χ0n) is 14.2. The molecule has 4 rings (SSSR count). The highest BCUT2D eigenvalue weighted by molar-refractivity contribution is 5.76. The molecule has 1 aromatic rings. The summed E-state index contributed by atoms with van der Waals surface area (Å²) in [5.41, 5.74) is 0.282. The quantitative estimate of drug-likeness (QED) is 0.858. The number of carbonyl (C=O) groups is 1. The lowest BCUT2D eigenvalue weighted by molar-refractivity contribution is -0.131. The number of rotatable bonds is 4. The number of hydrogen-bond acceptors (Lipinski definition) is 3. The van der Waals surface area contributed by atoms with Crippen LogP contribution in [0, 0.1) is 11.3 Å². The summed E-state index contributed by atoms with van der Waals surface area (Å²) in [7, 11) is 2.02. The summed E-state index contributed by atoms with van der Waals surface area (Å²) in [4.78, 5) is 14.8. The summed E-state index contributed by atoms with van der Waals surface area (Å²) in [6, 6.07) is 0. The van der Waals surface area contributed by atoms with Crippen LogP contribution in [0.3, 0.4) is 0 Å². The molecule has 126 valence electrons. The first-order valence-corrected chi connectivity index (χ1v) is 9.30. The minimum absolute atomic E-state index is 0.282. The Kier molecular flexibility index (Phi) is 3.90. The molecule has 0 aromatic carbocycles. The average molecular weight is 316 g/mol. The minimum atomic E-state index is 0.282. The molecule has 1 spiro atoms. The van der Waals surface area contributed by atoms with E-state index in [-0.39, 0.29) is 5.41 Å². The van der Waals surface area contributed by atoms with Crippen molar-refractivity contribution in [3.8, 4) is 0 Å². The molecule has 0 N–H and O–H groups in total. The van der Waals surface area contributed by atoms with Crippen molar-refractivity contribution in [2.45, 2.75) is 63.7 Å². The van der Waals surface area contributed by atoms with E-state index in [0.717, 1.165) is 37.7 Å². The van der Waals surface area contributed by atoms with Crippen molar-refractivity contribution >= 4 is 5.91 Å². The Morgan fingerprint density at radius 2 is 2.09 bits per heavy atom. The van der Waals surface area contributed by atoms with Gasteiger partial charge in [0, 0.05) is 32.5 Å². The summed E-state index contributed by atoms with van der Waals surface area (Å²) < 4.78 is 2.04. The van der Waals surface area contributed by atoms with Crippen LogP contribution in [0.1, 0.15) is 69.5 Å². The first-order valence-electron chi connectivity index (χ1n) is 9.30. The van der Waals surface area contributed by atoms with Crippen LogP contribution in [-0.4, -0.2) is 38.7 Å². The fourth-order valence-electron chi connectivity index (χ4n) is 5.04. The molecule has 5 heteroatoms. The summed E-state index contributed by atoms with van der Waals surface area (Å²) >= 11 is 0. The number of aromatic nitrogens is 3. The van der Waals surface area contributed by atoms with Crippen LogP contribution in [0.4, 0.5) is 0 Å². The van der Waals surface area contributed by atoms with Gasteiger partial charge in [-0.05, 0) is 30.6 Å². The highest BCUT2D eigenvalue weighted by atomic mass is 16.2. The predicted molar refractivity (Wildman–Crippen MR) is 87.8 cm³/mol. The number of likely N-dealkylation sites (tertiary alicyclic amines) is 1. The number of aryl methyl sites for hydroxylation is 1. The molecule has 2 saturated carbocycles. The molecule has 1 saturated heterocycles. The number of amides is 1. The maximum Gasteiger partial charge on any atom is 0.222 e. The van der Waals surface area contributed by atoms with Crippen LogP contribution in [0.5, 0.6) is 0 Å². The molecule has 3 fully saturated rings. The highest BCUT2D eigenvalue weighted by Crippen LogP contribution is 2.55. The third-order valence-electron chi connectivity index (χ3n) is 6.65. The standard InChI is InChI=1S/C18H28N4O/c1-21-13-19-20-17(21)15-11-22(12-18(15)9-4-10-18)16(23)8-7-14-5-2-3-6-14/h13-15H,2-12H2,1H3. The second-order valence-corrected chi connectivity index (χ2v) is 8.03. The van der Waals surface area contributed by atoms with E-state index in [4.69, 9.17) is 0 Å². The van der Waals surface area contributed by atoms with E-state index in [1.165, 1.54) is 44.9 Å². The molecule has 0 radical (unpaired) electrons. The molecule has 1 unspecified atom stereocenters. The SMILES string of the molecule is Cn1cnnc1C1CN(C(=O)CCC2CCCC2)CC12CCC2. The van der Waals surface area contributed by atoms with Gasteiger partial charge in [0.1, 0.15) is 12.2 Å². The van der Waals surface area contributed by atoms with Crippen LogP contribution in [0.15, 0.2) is 6.33 Å². The Hall–Kier alpha value is -1.39. The second kappa shape index (κ2) is 5.91. The summed E-state index contributed by atoms with van der Waals surface area (Å²) in [6.07, 6.45) is 12.8. The van der Waals surface area contributed by atoms with Crippen LogP contribution >= 0.6 is 0 Å². The Balaban J connectivity index is 1.42. The molecule has 2 heterocycles. The van der Waals surface area contributed by atoms with E-state index >= 15 is 0 Å². The zero-order chi connectivity index (χ0) is 15.9. The smallest absolute Gasteiger partial charge is 0.222 e. The maximum atomic E-state index is 12.7. The monoisotopic (exact) mass is 316 g/mol. The largest absolute Gasteiger partial charge is 0.341 e. The van der Waals surface area contributed by atoms with Gasteiger partial charge in [-0.25, -0.2) is 0 Å². The van der Waals surface area contributed by atoms with Gasteiger partial charge in [0.2, 0.25) is 5.91 Å². The molecule has 0 bridgehead atoms. The van der Waals surface area contributed by atoms with Gasteiger partial charge >= 0.3 is 0 Å². The van der Waals surface area contributed by atoms with Crippen molar-refractivity contribution in [1.29, 1.82) is 0 Å². The van der Waals surface area contributed by atoms with Crippen molar-refractivity contribution in [3.05, 3.63) is 12.2 Å². The lowest BCUT2D eigenvalue weighted by Gasteiger charge is -2.42. The van der Waals surface area contributed by atoms with Gasteiger partial charge in [0.05, 0.1) is 0 Å². The Morgan fingerprint density at radius 1 is 1.30 bits per heavy atom. The van der Waals surface area contributed by atoms with Crippen molar-refractivity contribution in [1.82, 2.24) is 19.7 Å². The fourth-order valence-corrected chi connectivity index (χ4v) is 5.04. The molecule has 3 aliphatic rings. The molecular formula is C18H28N4O. The predicted octanol–water partition coefficient (Wildman–Crippen LogP) is 2.88. The van der Waals surface area contributed by atoms with Gasteiger partial charge in [0.25, 0.3) is 0 Å². The third kappa shape index (κ3) is 2.68. The molecule has 23 heavy (non-hydrogen) atoms. The molecule has 2 aliphatic carbocycles. The van der Waals surface area contributed by atoms with Crippen LogP contribution < -0.4 is 0 Å². The van der Waals surface area contributed by atoms with Crippen molar-refractivity contribution in [3.63, 3.8) is 0 Å². The second-order valence-electron chi connectivity index (χ2n) is 8.03. The average Bonchev–Trinajstić information content (AvgIpc) is 3.22. The van der Waals surface area contributed by atoms with Gasteiger partial charge in [-0.15, -0.1) is 10.2 Å². The lowest BCUT2D eigenvalue weighted by atomic mass is 9.62. The van der Waals surface area contributed by atoms with Crippen LogP contribution in [0.2, 0.25) is 0 Å². The Labute approximate surface area is 138 Å². The summed E-state index contributed by atoms with van der Waals surface area (Å²) in [5, 5.41) is 8.41.